The molecule has 3 N–H and O–H groups in total. The highest BCUT2D eigenvalue weighted by Gasteiger charge is 2.78. The van der Waals surface area contributed by atoms with Gasteiger partial charge in [-0.3, -0.25) is 14.4 Å². The molecular formula is C31H33N3O5. The molecule has 1 spiro atoms. The van der Waals surface area contributed by atoms with Crippen LogP contribution in [0.1, 0.15) is 32.3 Å². The molecule has 3 heterocycles. The molecule has 0 aliphatic carbocycles. The van der Waals surface area contributed by atoms with Crippen molar-refractivity contribution in [1.82, 2.24) is 10.2 Å². The monoisotopic (exact) mass is 527 g/mol. The number of fused-ring (bicyclic) bond motifs is 2. The van der Waals surface area contributed by atoms with Crippen molar-refractivity contribution in [2.24, 2.45) is 11.8 Å². The highest BCUT2D eigenvalue weighted by atomic mass is 16.5. The summed E-state index contributed by atoms with van der Waals surface area (Å²) < 4.78 is 6.63. The molecule has 8 heteroatoms. The van der Waals surface area contributed by atoms with Crippen molar-refractivity contribution in [2.75, 3.05) is 11.9 Å². The third-order valence-corrected chi connectivity index (χ3v) is 8.81. The number of carbonyl (C=O) groups excluding carboxylic acids is 3. The van der Waals surface area contributed by atoms with Crippen LogP contribution in [0.15, 0.2) is 72.8 Å². The summed E-state index contributed by atoms with van der Waals surface area (Å²) in [5.41, 5.74) is -0.448. The Kier molecular flexibility index (Phi) is 6.19. The molecule has 202 valence electrons. The van der Waals surface area contributed by atoms with Gasteiger partial charge < -0.3 is 25.4 Å². The van der Waals surface area contributed by atoms with Crippen LogP contribution in [0.3, 0.4) is 0 Å². The molecule has 3 aromatic carbocycles. The van der Waals surface area contributed by atoms with Gasteiger partial charge in [-0.1, -0.05) is 60.7 Å². The average Bonchev–Trinajstić information content (AvgIpc) is 3.52. The van der Waals surface area contributed by atoms with Gasteiger partial charge in [-0.15, -0.1) is 0 Å². The van der Waals surface area contributed by atoms with E-state index in [2.05, 4.69) is 10.6 Å². The van der Waals surface area contributed by atoms with Crippen LogP contribution in [-0.4, -0.2) is 57.6 Å². The van der Waals surface area contributed by atoms with E-state index in [4.69, 9.17) is 4.74 Å². The zero-order valence-corrected chi connectivity index (χ0v) is 22.1. The van der Waals surface area contributed by atoms with E-state index in [0.717, 1.165) is 16.3 Å². The molecule has 0 saturated carbocycles. The summed E-state index contributed by atoms with van der Waals surface area (Å²) in [5, 5.41) is 18.1. The van der Waals surface area contributed by atoms with E-state index in [1.54, 1.807) is 6.92 Å². The molecule has 3 aliphatic heterocycles. The van der Waals surface area contributed by atoms with E-state index in [-0.39, 0.29) is 24.3 Å². The van der Waals surface area contributed by atoms with E-state index in [9.17, 15) is 19.5 Å². The molecule has 3 aliphatic rings. The van der Waals surface area contributed by atoms with Crippen molar-refractivity contribution < 1.29 is 24.2 Å². The fraction of sp³-hybridized carbons (Fsp3) is 0.387. The number of likely N-dealkylation sites (tertiary alicyclic amines) is 1. The van der Waals surface area contributed by atoms with Crippen molar-refractivity contribution in [3.05, 3.63) is 78.4 Å². The van der Waals surface area contributed by atoms with Crippen molar-refractivity contribution in [2.45, 2.75) is 56.5 Å². The topological polar surface area (TPSA) is 108 Å². The first-order chi connectivity index (χ1) is 18.8. The number of rotatable bonds is 7. The molecule has 2 unspecified atom stereocenters. The van der Waals surface area contributed by atoms with Crippen LogP contribution < -0.4 is 10.6 Å². The van der Waals surface area contributed by atoms with Crippen molar-refractivity contribution in [3.8, 4) is 0 Å². The third kappa shape index (κ3) is 4.01. The molecule has 3 fully saturated rings. The van der Waals surface area contributed by atoms with Gasteiger partial charge >= 0.3 is 0 Å². The zero-order chi connectivity index (χ0) is 27.4. The van der Waals surface area contributed by atoms with Gasteiger partial charge in [0.05, 0.1) is 30.1 Å². The van der Waals surface area contributed by atoms with Crippen molar-refractivity contribution in [1.29, 1.82) is 0 Å². The first-order valence-electron chi connectivity index (χ1n) is 13.5. The normalized spacial score (nSPS) is 29.9. The number of nitrogens with zero attached hydrogens (tertiary/aromatic N) is 1. The van der Waals surface area contributed by atoms with Gasteiger partial charge in [-0.05, 0) is 55.2 Å². The predicted octanol–water partition coefficient (Wildman–Crippen LogP) is 3.24. The number of aliphatic hydroxyl groups is 1. The van der Waals surface area contributed by atoms with E-state index in [1.807, 2.05) is 79.7 Å². The lowest BCUT2D eigenvalue weighted by molar-refractivity contribution is -0.147. The minimum atomic E-state index is -1.15. The standard InChI is InChI=1S/C31H33N3O5/c1-19(18-35)34-26(28(37)33-23-13-12-21-10-6-7-11-22(21)16-23)31-15-14-30(2,39-31)24(25(31)29(34)38)27(36)32-17-20-8-4-3-5-9-20/h3-13,16,19,24-26,35H,14-15,17-18H2,1-2H3,(H,32,36)(H,33,37)/t19-,24-,25+,26?,30+,31?/m1/s1. The Bertz CT molecular complexity index is 1440. The maximum atomic E-state index is 14.0. The quantitative estimate of drug-likeness (QED) is 0.437. The van der Waals surface area contributed by atoms with Gasteiger partial charge in [0, 0.05) is 12.2 Å². The number of anilines is 1. The van der Waals surface area contributed by atoms with E-state index in [1.165, 1.54) is 4.90 Å². The SMILES string of the molecule is C[C@H](CO)N1C(=O)[C@@H]2[C@H](C(=O)NCc3ccccc3)[C@]3(C)CCC2(O3)C1C(=O)Nc1ccc2ccccc2c1. The molecule has 0 aromatic heterocycles. The Morgan fingerprint density at radius 1 is 1.03 bits per heavy atom. The summed E-state index contributed by atoms with van der Waals surface area (Å²) in [6.07, 6.45) is 1.04. The second-order valence-electron chi connectivity index (χ2n) is 11.3. The Hall–Kier alpha value is -3.75. The maximum Gasteiger partial charge on any atom is 0.250 e. The number of benzene rings is 3. The number of carbonyl (C=O) groups is 3. The largest absolute Gasteiger partial charge is 0.394 e. The summed E-state index contributed by atoms with van der Waals surface area (Å²) in [6.45, 7) is 3.61. The number of hydrogen-bond donors (Lipinski definition) is 3. The summed E-state index contributed by atoms with van der Waals surface area (Å²) in [7, 11) is 0. The second kappa shape index (κ2) is 9.47. The molecular weight excluding hydrogens is 494 g/mol. The van der Waals surface area contributed by atoms with Gasteiger partial charge in [0.1, 0.15) is 11.6 Å². The van der Waals surface area contributed by atoms with Crippen LogP contribution in [0, 0.1) is 11.8 Å². The molecule has 0 radical (unpaired) electrons. The average molecular weight is 528 g/mol. The number of aliphatic hydroxyl groups excluding tert-OH is 1. The lowest BCUT2D eigenvalue weighted by atomic mass is 9.66. The first kappa shape index (κ1) is 25.5. The fourth-order valence-corrected chi connectivity index (χ4v) is 7.00. The van der Waals surface area contributed by atoms with Crippen LogP contribution in [0.4, 0.5) is 5.69 Å². The van der Waals surface area contributed by atoms with Crippen LogP contribution in [0.2, 0.25) is 0 Å². The molecule has 3 amide bonds. The highest BCUT2D eigenvalue weighted by molar-refractivity contribution is 6.04. The lowest BCUT2D eigenvalue weighted by Crippen LogP contribution is -2.55. The van der Waals surface area contributed by atoms with E-state index < -0.39 is 35.1 Å². The molecule has 3 saturated heterocycles. The summed E-state index contributed by atoms with van der Waals surface area (Å²) >= 11 is 0. The number of amides is 3. The van der Waals surface area contributed by atoms with Crippen molar-refractivity contribution >= 4 is 34.2 Å². The predicted molar refractivity (Wildman–Crippen MR) is 146 cm³/mol. The zero-order valence-electron chi connectivity index (χ0n) is 22.1. The Morgan fingerprint density at radius 2 is 1.74 bits per heavy atom. The summed E-state index contributed by atoms with van der Waals surface area (Å²) in [6, 6.07) is 21.5. The van der Waals surface area contributed by atoms with Gasteiger partial charge in [-0.25, -0.2) is 0 Å². The first-order valence-corrected chi connectivity index (χ1v) is 13.5. The number of nitrogens with one attached hydrogen (secondary N) is 2. The molecule has 2 bridgehead atoms. The van der Waals surface area contributed by atoms with Gasteiger partial charge in [-0.2, -0.15) is 0 Å². The fourth-order valence-electron chi connectivity index (χ4n) is 7.00. The molecule has 39 heavy (non-hydrogen) atoms. The number of ether oxygens (including phenoxy) is 1. The van der Waals surface area contributed by atoms with Crippen LogP contribution >= 0.6 is 0 Å². The van der Waals surface area contributed by atoms with E-state index >= 15 is 0 Å². The smallest absolute Gasteiger partial charge is 0.250 e. The molecule has 6 rings (SSSR count). The Balaban J connectivity index is 1.32. The maximum absolute atomic E-state index is 14.0. The van der Waals surface area contributed by atoms with Gasteiger partial charge in [0.2, 0.25) is 17.7 Å². The van der Waals surface area contributed by atoms with Crippen LogP contribution in [0.25, 0.3) is 10.8 Å². The molecule has 8 nitrogen and oxygen atoms in total. The highest BCUT2D eigenvalue weighted by Crippen LogP contribution is 2.63. The second-order valence-corrected chi connectivity index (χ2v) is 11.3. The Morgan fingerprint density at radius 3 is 2.49 bits per heavy atom. The number of hydrogen-bond acceptors (Lipinski definition) is 5. The Labute approximate surface area is 227 Å². The molecule has 6 atom stereocenters. The summed E-state index contributed by atoms with van der Waals surface area (Å²) in [4.78, 5) is 43.1. The van der Waals surface area contributed by atoms with Crippen LogP contribution in [0.5, 0.6) is 0 Å². The summed E-state index contributed by atoms with van der Waals surface area (Å²) in [5.74, 6) is -2.51. The minimum absolute atomic E-state index is 0.256. The van der Waals surface area contributed by atoms with Gasteiger partial charge in [0.15, 0.2) is 0 Å². The van der Waals surface area contributed by atoms with E-state index in [0.29, 0.717) is 25.1 Å². The third-order valence-electron chi connectivity index (χ3n) is 8.81. The lowest BCUT2D eigenvalue weighted by Gasteiger charge is -2.35. The van der Waals surface area contributed by atoms with Crippen LogP contribution in [-0.2, 0) is 25.7 Å². The van der Waals surface area contributed by atoms with Gasteiger partial charge in [0.25, 0.3) is 0 Å². The van der Waals surface area contributed by atoms with Crippen molar-refractivity contribution in [3.63, 3.8) is 0 Å². The molecule has 3 aromatic rings. The minimum Gasteiger partial charge on any atom is -0.394 e.